The maximum Gasteiger partial charge on any atom is 0.490 e. The highest BCUT2D eigenvalue weighted by Gasteiger charge is 2.48. The predicted molar refractivity (Wildman–Crippen MR) is 122 cm³/mol. The van der Waals surface area contributed by atoms with E-state index >= 15 is 0 Å². The van der Waals surface area contributed by atoms with Gasteiger partial charge in [0.05, 0.1) is 19.3 Å². The Hall–Kier alpha value is -3.66. The van der Waals surface area contributed by atoms with Crippen molar-refractivity contribution >= 4 is 11.9 Å². The number of methoxy groups -OCH3 is 1. The maximum atomic E-state index is 13.8. The van der Waals surface area contributed by atoms with Crippen LogP contribution >= 0.6 is 0 Å². The third kappa shape index (κ3) is 10.1. The molecule has 16 heteroatoms. The molecule has 1 aromatic heterocycles. The number of pyridine rings is 1. The fourth-order valence-electron chi connectivity index (χ4n) is 3.79. The van der Waals surface area contributed by atoms with Gasteiger partial charge in [0.2, 0.25) is 0 Å². The fraction of sp³-hybridized carbons (Fsp3) is 0.458. The Balaban J connectivity index is 0.000000333. The molecule has 0 radical (unpaired) electrons. The third-order valence-corrected chi connectivity index (χ3v) is 5.52. The number of hydrogen-bond acceptors (Lipinski definition) is 7. The van der Waals surface area contributed by atoms with Gasteiger partial charge in [-0.3, -0.25) is 4.90 Å². The molecule has 2 aliphatic heterocycles. The van der Waals surface area contributed by atoms with Crippen LogP contribution in [0.15, 0.2) is 42.6 Å². The summed E-state index contributed by atoms with van der Waals surface area (Å²) >= 11 is 0. The second-order valence-corrected chi connectivity index (χ2v) is 8.65. The topological polar surface area (TPSA) is 118 Å². The zero-order valence-electron chi connectivity index (χ0n) is 20.8. The number of halogens is 7. The molecule has 9 nitrogen and oxygen atoms in total. The van der Waals surface area contributed by atoms with Gasteiger partial charge in [-0.2, -0.15) is 26.3 Å². The van der Waals surface area contributed by atoms with Crippen LogP contribution in [0.1, 0.15) is 18.4 Å². The van der Waals surface area contributed by atoms with E-state index in [4.69, 9.17) is 34.0 Å². The van der Waals surface area contributed by atoms with Gasteiger partial charge in [0.1, 0.15) is 11.9 Å². The van der Waals surface area contributed by atoms with Crippen molar-refractivity contribution in [2.24, 2.45) is 0 Å². The number of rotatable bonds is 5. The number of nitrogens with zero attached hydrogens (tertiary/aromatic N) is 2. The third-order valence-electron chi connectivity index (χ3n) is 5.52. The molecule has 1 atom stereocenters. The first-order chi connectivity index (χ1) is 18.5. The lowest BCUT2D eigenvalue weighted by Crippen LogP contribution is -2.65. The first-order valence-corrected chi connectivity index (χ1v) is 11.4. The molecule has 0 saturated carbocycles. The monoisotopic (exact) mass is 586 g/mol. The summed E-state index contributed by atoms with van der Waals surface area (Å²) in [5.74, 6) is -4.97. The van der Waals surface area contributed by atoms with E-state index in [0.29, 0.717) is 6.61 Å². The summed E-state index contributed by atoms with van der Waals surface area (Å²) in [5, 5.41) is 14.2. The van der Waals surface area contributed by atoms with E-state index in [9.17, 15) is 30.7 Å². The van der Waals surface area contributed by atoms with Crippen LogP contribution in [-0.2, 0) is 20.9 Å². The molecule has 2 N–H and O–H groups in total. The molecule has 2 saturated heterocycles. The summed E-state index contributed by atoms with van der Waals surface area (Å²) in [6.45, 7) is 3.25. The van der Waals surface area contributed by atoms with Gasteiger partial charge in [-0.05, 0) is 29.8 Å². The van der Waals surface area contributed by atoms with E-state index < -0.39 is 30.1 Å². The van der Waals surface area contributed by atoms with Crippen LogP contribution in [0.25, 0.3) is 0 Å². The number of carboxylic acid groups (broad SMARTS) is 2. The van der Waals surface area contributed by atoms with Gasteiger partial charge in [0.25, 0.3) is 5.88 Å². The van der Waals surface area contributed by atoms with Gasteiger partial charge in [0, 0.05) is 38.7 Å². The highest BCUT2D eigenvalue weighted by molar-refractivity contribution is 5.73. The number of alkyl halides is 6. The van der Waals surface area contributed by atoms with E-state index in [1.165, 1.54) is 11.6 Å². The smallest absolute Gasteiger partial charge is 0.490 e. The summed E-state index contributed by atoms with van der Waals surface area (Å²) in [7, 11) is 1.67. The Morgan fingerprint density at radius 1 is 1.05 bits per heavy atom. The highest BCUT2D eigenvalue weighted by atomic mass is 19.4. The molecule has 1 unspecified atom stereocenters. The van der Waals surface area contributed by atoms with Crippen molar-refractivity contribution in [2.75, 3.05) is 26.8 Å². The summed E-state index contributed by atoms with van der Waals surface area (Å²) in [5.41, 5.74) is 1.07. The lowest BCUT2D eigenvalue weighted by atomic mass is 9.84. The summed E-state index contributed by atoms with van der Waals surface area (Å²) in [6, 6.07) is 11.1. The number of carbonyl (C=O) groups is 2. The van der Waals surface area contributed by atoms with Gasteiger partial charge >= 0.3 is 24.3 Å². The summed E-state index contributed by atoms with van der Waals surface area (Å²) in [4.78, 5) is 24.1. The van der Waals surface area contributed by atoms with Gasteiger partial charge in [0.15, 0.2) is 5.82 Å². The Labute approximate surface area is 223 Å². The number of likely N-dealkylation sites (tertiary alicyclic amines) is 1. The molecule has 222 valence electrons. The van der Waals surface area contributed by atoms with E-state index in [-0.39, 0.29) is 17.6 Å². The number of ether oxygens (including phenoxy) is 3. The van der Waals surface area contributed by atoms with Crippen LogP contribution in [0.2, 0.25) is 0 Å². The highest BCUT2D eigenvalue weighted by Crippen LogP contribution is 2.36. The minimum atomic E-state index is -5.08. The fourth-order valence-corrected chi connectivity index (χ4v) is 3.79. The predicted octanol–water partition coefficient (Wildman–Crippen LogP) is 4.31. The molecule has 1 aromatic carbocycles. The normalized spacial score (nSPS) is 18.2. The quantitative estimate of drug-likeness (QED) is 0.495. The number of carboxylic acids is 2. The van der Waals surface area contributed by atoms with Crippen molar-refractivity contribution in [3.8, 4) is 11.6 Å². The number of aromatic nitrogens is 1. The van der Waals surface area contributed by atoms with E-state index in [2.05, 4.69) is 22.0 Å². The number of benzene rings is 1. The van der Waals surface area contributed by atoms with Gasteiger partial charge in [-0.1, -0.05) is 12.1 Å². The number of hydrogen-bond donors (Lipinski definition) is 2. The van der Waals surface area contributed by atoms with E-state index in [1.54, 1.807) is 19.4 Å². The minimum absolute atomic E-state index is 0.0590. The standard InChI is InChI=1S/C20H23FN2O3.2C2HF3O2/c1-24-16-6-4-15(5-7-16)12-23-13-20(14-23)11-17(8-10-25-20)26-19-18(21)3-2-9-22-19;2*3-2(4,5)1(6)7/h2-7,9,17H,8,10-14H2,1H3;2*(H,6,7). The van der Waals surface area contributed by atoms with Crippen LogP contribution in [0.4, 0.5) is 30.7 Å². The van der Waals surface area contributed by atoms with Gasteiger partial charge in [-0.15, -0.1) is 0 Å². The van der Waals surface area contributed by atoms with Gasteiger partial charge < -0.3 is 24.4 Å². The second kappa shape index (κ2) is 13.6. The Morgan fingerprint density at radius 3 is 2.08 bits per heavy atom. The number of aliphatic carboxylic acids is 2. The van der Waals surface area contributed by atoms with Crippen LogP contribution < -0.4 is 9.47 Å². The molecule has 2 fully saturated rings. The summed E-state index contributed by atoms with van der Waals surface area (Å²) < 4.78 is 94.3. The van der Waals surface area contributed by atoms with Crippen molar-refractivity contribution in [3.63, 3.8) is 0 Å². The molecule has 4 rings (SSSR count). The van der Waals surface area contributed by atoms with E-state index in [0.717, 1.165) is 38.2 Å². The molecule has 0 amide bonds. The largest absolute Gasteiger partial charge is 0.497 e. The van der Waals surface area contributed by atoms with Crippen LogP contribution in [0.3, 0.4) is 0 Å². The Kier molecular flexibility index (Phi) is 11.1. The van der Waals surface area contributed by atoms with Crippen molar-refractivity contribution in [1.29, 1.82) is 0 Å². The lowest BCUT2D eigenvalue weighted by molar-refractivity contribution is -0.193. The SMILES string of the molecule is COc1ccc(CN2CC3(CC(Oc4ncccc4F)CCO3)C2)cc1.O=C(O)C(F)(F)F.O=C(O)C(F)(F)F. The average Bonchev–Trinajstić information content (AvgIpc) is 2.85. The first-order valence-electron chi connectivity index (χ1n) is 11.4. The van der Waals surface area contributed by atoms with Crippen molar-refractivity contribution in [3.05, 3.63) is 54.0 Å². The average molecular weight is 586 g/mol. The molecular weight excluding hydrogens is 561 g/mol. The van der Waals surface area contributed by atoms with Crippen molar-refractivity contribution in [1.82, 2.24) is 9.88 Å². The Morgan fingerprint density at radius 2 is 1.60 bits per heavy atom. The Bertz CT molecular complexity index is 1100. The maximum absolute atomic E-state index is 13.8. The van der Waals surface area contributed by atoms with Crippen LogP contribution in [-0.4, -0.2) is 82.9 Å². The second-order valence-electron chi connectivity index (χ2n) is 8.65. The molecule has 3 heterocycles. The molecule has 40 heavy (non-hydrogen) atoms. The molecule has 0 aliphatic carbocycles. The van der Waals surface area contributed by atoms with Crippen LogP contribution in [0.5, 0.6) is 11.6 Å². The van der Waals surface area contributed by atoms with E-state index in [1.807, 2.05) is 12.1 Å². The molecule has 2 aromatic rings. The molecular formula is C24H25F7N2O7. The van der Waals surface area contributed by atoms with Crippen LogP contribution in [0, 0.1) is 5.82 Å². The lowest BCUT2D eigenvalue weighted by Gasteiger charge is -2.53. The zero-order chi connectivity index (χ0) is 30.1. The van der Waals surface area contributed by atoms with Gasteiger partial charge in [-0.25, -0.2) is 19.0 Å². The van der Waals surface area contributed by atoms with Crippen molar-refractivity contribution < 1.29 is 64.7 Å². The summed E-state index contributed by atoms with van der Waals surface area (Å²) in [6.07, 6.45) is -7.15. The minimum Gasteiger partial charge on any atom is -0.497 e. The van der Waals surface area contributed by atoms with Crippen molar-refractivity contribution in [2.45, 2.75) is 43.4 Å². The molecule has 0 bridgehead atoms. The molecule has 1 spiro atoms. The first kappa shape index (κ1) is 32.6. The zero-order valence-corrected chi connectivity index (χ0v) is 20.8. The molecule has 2 aliphatic rings.